The largest absolute Gasteiger partial charge is 0.311 e. The molecular formula is C20H18BrN. The van der Waals surface area contributed by atoms with Crippen LogP contribution in [0.15, 0.2) is 77.3 Å². The van der Waals surface area contributed by atoms with Gasteiger partial charge >= 0.3 is 0 Å². The van der Waals surface area contributed by atoms with Gasteiger partial charge in [0, 0.05) is 21.5 Å². The zero-order valence-corrected chi connectivity index (χ0v) is 14.3. The van der Waals surface area contributed by atoms with Gasteiger partial charge in [0.25, 0.3) is 0 Å². The molecule has 3 rings (SSSR count). The van der Waals surface area contributed by atoms with Crippen LogP contribution in [0.2, 0.25) is 0 Å². The summed E-state index contributed by atoms with van der Waals surface area (Å²) in [5.74, 6) is 0. The number of nitrogens with zero attached hydrogens (tertiary/aromatic N) is 1. The van der Waals surface area contributed by atoms with Gasteiger partial charge in [0.2, 0.25) is 0 Å². The lowest BCUT2D eigenvalue weighted by Gasteiger charge is -2.25. The monoisotopic (exact) mass is 351 g/mol. The SMILES string of the molecule is Cc1ccc(N(c2ccc(C)cc2)c2ccc(Br)cc2)cc1. The average Bonchev–Trinajstić information content (AvgIpc) is 2.53. The lowest BCUT2D eigenvalue weighted by molar-refractivity contribution is 1.27. The standard InChI is InChI=1S/C20H18BrN/c1-15-3-9-18(10-4-15)22(19-11-5-16(2)6-12-19)20-13-7-17(21)8-14-20/h3-14H,1-2H3. The highest BCUT2D eigenvalue weighted by Crippen LogP contribution is 2.35. The van der Waals surface area contributed by atoms with Gasteiger partial charge < -0.3 is 4.90 Å². The van der Waals surface area contributed by atoms with Gasteiger partial charge in [-0.05, 0) is 62.4 Å². The minimum absolute atomic E-state index is 1.09. The second-order valence-electron chi connectivity index (χ2n) is 5.48. The second-order valence-corrected chi connectivity index (χ2v) is 6.40. The molecule has 0 N–H and O–H groups in total. The van der Waals surface area contributed by atoms with Gasteiger partial charge in [0.15, 0.2) is 0 Å². The molecule has 0 aliphatic heterocycles. The molecule has 0 aromatic heterocycles. The van der Waals surface area contributed by atoms with Crippen molar-refractivity contribution in [2.24, 2.45) is 0 Å². The van der Waals surface area contributed by atoms with E-state index in [1.807, 2.05) is 0 Å². The number of aryl methyl sites for hydroxylation is 2. The molecule has 0 atom stereocenters. The number of hydrogen-bond acceptors (Lipinski definition) is 1. The molecule has 110 valence electrons. The molecule has 0 saturated carbocycles. The Balaban J connectivity index is 2.10. The number of rotatable bonds is 3. The molecule has 22 heavy (non-hydrogen) atoms. The van der Waals surface area contributed by atoms with Crippen molar-refractivity contribution in [3.05, 3.63) is 88.4 Å². The Labute approximate surface area is 140 Å². The third-order valence-corrected chi connectivity index (χ3v) is 4.20. The van der Waals surface area contributed by atoms with E-state index in [-0.39, 0.29) is 0 Å². The number of halogens is 1. The third-order valence-electron chi connectivity index (χ3n) is 3.67. The summed E-state index contributed by atoms with van der Waals surface area (Å²) in [6.45, 7) is 4.22. The van der Waals surface area contributed by atoms with E-state index in [4.69, 9.17) is 0 Å². The molecule has 0 saturated heterocycles. The zero-order chi connectivity index (χ0) is 15.5. The first-order valence-corrected chi connectivity index (χ1v) is 8.12. The first kappa shape index (κ1) is 14.9. The van der Waals surface area contributed by atoms with Crippen molar-refractivity contribution in [3.8, 4) is 0 Å². The van der Waals surface area contributed by atoms with Crippen molar-refractivity contribution in [1.82, 2.24) is 0 Å². The van der Waals surface area contributed by atoms with Gasteiger partial charge in [-0.15, -0.1) is 0 Å². The molecule has 0 amide bonds. The van der Waals surface area contributed by atoms with Crippen LogP contribution in [0.25, 0.3) is 0 Å². The Morgan fingerprint density at radius 3 is 1.23 bits per heavy atom. The van der Waals surface area contributed by atoms with Gasteiger partial charge in [0.05, 0.1) is 0 Å². The van der Waals surface area contributed by atoms with Crippen LogP contribution >= 0.6 is 15.9 Å². The average molecular weight is 352 g/mol. The summed E-state index contributed by atoms with van der Waals surface area (Å²) < 4.78 is 1.09. The fraction of sp³-hybridized carbons (Fsp3) is 0.100. The van der Waals surface area contributed by atoms with Crippen molar-refractivity contribution in [2.75, 3.05) is 4.90 Å². The molecule has 0 spiro atoms. The zero-order valence-electron chi connectivity index (χ0n) is 12.8. The lowest BCUT2D eigenvalue weighted by atomic mass is 10.1. The summed E-state index contributed by atoms with van der Waals surface area (Å²) in [7, 11) is 0. The normalized spacial score (nSPS) is 10.5. The minimum atomic E-state index is 1.09. The van der Waals surface area contributed by atoms with Gasteiger partial charge in [-0.2, -0.15) is 0 Å². The molecule has 1 nitrogen and oxygen atoms in total. The van der Waals surface area contributed by atoms with Crippen LogP contribution < -0.4 is 4.90 Å². The quantitative estimate of drug-likeness (QED) is 0.518. The smallest absolute Gasteiger partial charge is 0.0462 e. The summed E-state index contributed by atoms with van der Waals surface area (Å²) in [6.07, 6.45) is 0. The molecule has 0 bridgehead atoms. The Bertz CT molecular complexity index is 635. The van der Waals surface area contributed by atoms with E-state index < -0.39 is 0 Å². The molecule has 0 unspecified atom stereocenters. The Kier molecular flexibility index (Phi) is 4.30. The van der Waals surface area contributed by atoms with E-state index in [1.165, 1.54) is 11.1 Å². The first-order valence-electron chi connectivity index (χ1n) is 7.32. The van der Waals surface area contributed by atoms with Crippen LogP contribution in [-0.4, -0.2) is 0 Å². The predicted molar refractivity (Wildman–Crippen MR) is 98.3 cm³/mol. The van der Waals surface area contributed by atoms with Gasteiger partial charge in [-0.1, -0.05) is 51.3 Å². The van der Waals surface area contributed by atoms with Crippen LogP contribution in [-0.2, 0) is 0 Å². The fourth-order valence-electron chi connectivity index (χ4n) is 2.43. The summed E-state index contributed by atoms with van der Waals surface area (Å²) in [5.41, 5.74) is 6.01. The van der Waals surface area contributed by atoms with E-state index in [0.29, 0.717) is 0 Å². The lowest BCUT2D eigenvalue weighted by Crippen LogP contribution is -2.09. The molecule has 0 heterocycles. The van der Waals surface area contributed by atoms with Crippen LogP contribution in [0.3, 0.4) is 0 Å². The van der Waals surface area contributed by atoms with Crippen LogP contribution in [0.5, 0.6) is 0 Å². The van der Waals surface area contributed by atoms with Gasteiger partial charge in [-0.3, -0.25) is 0 Å². The van der Waals surface area contributed by atoms with E-state index in [1.54, 1.807) is 0 Å². The van der Waals surface area contributed by atoms with E-state index in [2.05, 4.69) is 107 Å². The fourth-order valence-corrected chi connectivity index (χ4v) is 2.69. The Morgan fingerprint density at radius 2 is 0.864 bits per heavy atom. The highest BCUT2D eigenvalue weighted by molar-refractivity contribution is 9.10. The predicted octanol–water partition coefficient (Wildman–Crippen LogP) is 6.54. The highest BCUT2D eigenvalue weighted by Gasteiger charge is 2.11. The topological polar surface area (TPSA) is 3.24 Å². The Hall–Kier alpha value is -2.06. The molecule has 0 aliphatic carbocycles. The minimum Gasteiger partial charge on any atom is -0.311 e. The summed E-state index contributed by atoms with van der Waals surface area (Å²) in [4.78, 5) is 2.27. The van der Waals surface area contributed by atoms with Crippen LogP contribution in [0.1, 0.15) is 11.1 Å². The number of anilines is 3. The van der Waals surface area contributed by atoms with Crippen molar-refractivity contribution in [3.63, 3.8) is 0 Å². The molecule has 0 radical (unpaired) electrons. The molecular weight excluding hydrogens is 334 g/mol. The van der Waals surface area contributed by atoms with E-state index >= 15 is 0 Å². The summed E-state index contributed by atoms with van der Waals surface area (Å²) in [5, 5.41) is 0. The van der Waals surface area contributed by atoms with Gasteiger partial charge in [-0.25, -0.2) is 0 Å². The molecule has 3 aromatic carbocycles. The van der Waals surface area contributed by atoms with E-state index in [0.717, 1.165) is 21.5 Å². The van der Waals surface area contributed by atoms with Crippen molar-refractivity contribution in [2.45, 2.75) is 13.8 Å². The van der Waals surface area contributed by atoms with Crippen molar-refractivity contribution >= 4 is 33.0 Å². The van der Waals surface area contributed by atoms with Crippen molar-refractivity contribution < 1.29 is 0 Å². The van der Waals surface area contributed by atoms with Gasteiger partial charge in [0.1, 0.15) is 0 Å². The maximum atomic E-state index is 3.51. The third kappa shape index (κ3) is 3.23. The van der Waals surface area contributed by atoms with E-state index in [9.17, 15) is 0 Å². The maximum absolute atomic E-state index is 3.51. The highest BCUT2D eigenvalue weighted by atomic mass is 79.9. The molecule has 2 heteroatoms. The molecule has 3 aromatic rings. The van der Waals surface area contributed by atoms with Crippen LogP contribution in [0, 0.1) is 13.8 Å². The molecule has 0 aliphatic rings. The maximum Gasteiger partial charge on any atom is 0.0462 e. The number of benzene rings is 3. The van der Waals surface area contributed by atoms with Crippen LogP contribution in [0.4, 0.5) is 17.1 Å². The first-order chi connectivity index (χ1) is 10.6. The summed E-state index contributed by atoms with van der Waals surface area (Å²) in [6, 6.07) is 25.7. The second kappa shape index (κ2) is 6.37. The van der Waals surface area contributed by atoms with Crippen molar-refractivity contribution in [1.29, 1.82) is 0 Å². The number of hydrogen-bond donors (Lipinski definition) is 0. The summed E-state index contributed by atoms with van der Waals surface area (Å²) >= 11 is 3.51. The molecule has 0 fully saturated rings. The Morgan fingerprint density at radius 1 is 0.545 bits per heavy atom.